The molecule has 0 N–H and O–H groups in total. The number of rotatable bonds is 3. The Morgan fingerprint density at radius 2 is 1.55 bits per heavy atom. The highest BCUT2D eigenvalue weighted by Gasteiger charge is 2.42. The van der Waals surface area contributed by atoms with Gasteiger partial charge in [-0.05, 0) is 35.4 Å². The summed E-state index contributed by atoms with van der Waals surface area (Å²) >= 11 is 0. The predicted molar refractivity (Wildman–Crippen MR) is 111 cm³/mol. The molecule has 148 valence electrons. The van der Waals surface area contributed by atoms with E-state index < -0.39 is 0 Å². The van der Waals surface area contributed by atoms with Crippen LogP contribution in [0.2, 0.25) is 0 Å². The van der Waals surface area contributed by atoms with Gasteiger partial charge in [0.1, 0.15) is 5.58 Å². The zero-order chi connectivity index (χ0) is 20.0. The number of fused-ring (bicyclic) bond motifs is 2. The first-order valence-electron chi connectivity index (χ1n) is 10.3. The molecule has 1 aromatic heterocycles. The Bertz CT molecular complexity index is 1060. The number of benzene rings is 2. The van der Waals surface area contributed by atoms with Crippen molar-refractivity contribution in [3.63, 3.8) is 0 Å². The molecule has 2 unspecified atom stereocenters. The Kier molecular flexibility index (Phi) is 4.38. The number of likely N-dealkylation sites (tertiary alicyclic amines) is 2. The summed E-state index contributed by atoms with van der Waals surface area (Å²) in [6.45, 7) is 4.97. The summed E-state index contributed by atoms with van der Waals surface area (Å²) in [5.41, 5.74) is 3.71. The molecule has 0 saturated carbocycles. The molecule has 0 spiro atoms. The second kappa shape index (κ2) is 7.07. The Balaban J connectivity index is 1.27. The van der Waals surface area contributed by atoms with Crippen LogP contribution in [0.3, 0.4) is 0 Å². The van der Waals surface area contributed by atoms with E-state index in [4.69, 9.17) is 4.42 Å². The van der Waals surface area contributed by atoms with Crippen molar-refractivity contribution in [2.24, 2.45) is 11.8 Å². The SMILES string of the molecule is CCC(=O)N1CC2CN(C(=O)c3ccc(-c4ccc5ccoc5c4)cc3)CC2C1. The van der Waals surface area contributed by atoms with E-state index in [1.165, 1.54) is 0 Å². The Morgan fingerprint density at radius 3 is 2.24 bits per heavy atom. The molecule has 2 saturated heterocycles. The second-order valence-corrected chi connectivity index (χ2v) is 8.13. The third kappa shape index (κ3) is 3.20. The largest absolute Gasteiger partial charge is 0.464 e. The van der Waals surface area contributed by atoms with Crippen LogP contribution in [-0.4, -0.2) is 47.8 Å². The molecule has 2 aliphatic rings. The van der Waals surface area contributed by atoms with Crippen molar-refractivity contribution in [2.75, 3.05) is 26.2 Å². The van der Waals surface area contributed by atoms with Gasteiger partial charge in [-0.2, -0.15) is 0 Å². The zero-order valence-electron chi connectivity index (χ0n) is 16.5. The summed E-state index contributed by atoms with van der Waals surface area (Å²) in [5.74, 6) is 1.13. The average Bonchev–Trinajstić information content (AvgIpc) is 3.46. The van der Waals surface area contributed by atoms with E-state index in [2.05, 4.69) is 6.07 Å². The van der Waals surface area contributed by atoms with Crippen molar-refractivity contribution in [1.82, 2.24) is 9.80 Å². The van der Waals surface area contributed by atoms with Crippen LogP contribution in [0.4, 0.5) is 0 Å². The van der Waals surface area contributed by atoms with Crippen molar-refractivity contribution in [3.05, 3.63) is 60.4 Å². The fourth-order valence-corrected chi connectivity index (χ4v) is 4.71. The third-order valence-electron chi connectivity index (χ3n) is 6.35. The minimum absolute atomic E-state index is 0.0841. The van der Waals surface area contributed by atoms with Crippen LogP contribution in [0.25, 0.3) is 22.1 Å². The van der Waals surface area contributed by atoms with Crippen LogP contribution < -0.4 is 0 Å². The van der Waals surface area contributed by atoms with Crippen molar-refractivity contribution in [3.8, 4) is 11.1 Å². The molecule has 3 heterocycles. The van der Waals surface area contributed by atoms with Crippen LogP contribution in [0, 0.1) is 11.8 Å². The average molecular weight is 388 g/mol. The minimum Gasteiger partial charge on any atom is -0.464 e. The van der Waals surface area contributed by atoms with E-state index in [0.29, 0.717) is 23.8 Å². The second-order valence-electron chi connectivity index (χ2n) is 8.13. The maximum absolute atomic E-state index is 13.0. The van der Waals surface area contributed by atoms with Crippen LogP contribution in [-0.2, 0) is 4.79 Å². The monoisotopic (exact) mass is 388 g/mol. The fourth-order valence-electron chi connectivity index (χ4n) is 4.71. The summed E-state index contributed by atoms with van der Waals surface area (Å²) < 4.78 is 5.49. The lowest BCUT2D eigenvalue weighted by atomic mass is 10.0. The van der Waals surface area contributed by atoms with Crippen LogP contribution in [0.15, 0.2) is 59.2 Å². The van der Waals surface area contributed by atoms with Gasteiger partial charge in [0.15, 0.2) is 0 Å². The molecular weight excluding hydrogens is 364 g/mol. The van der Waals surface area contributed by atoms with Gasteiger partial charge in [-0.25, -0.2) is 0 Å². The summed E-state index contributed by atoms with van der Waals surface area (Å²) in [6, 6.07) is 15.9. The van der Waals surface area contributed by atoms with Gasteiger partial charge in [0.25, 0.3) is 5.91 Å². The number of nitrogens with zero attached hydrogens (tertiary/aromatic N) is 2. The number of carbonyl (C=O) groups is 2. The van der Waals surface area contributed by atoms with Gasteiger partial charge in [-0.15, -0.1) is 0 Å². The first-order chi connectivity index (χ1) is 14.1. The molecule has 2 aromatic carbocycles. The van der Waals surface area contributed by atoms with Crippen LogP contribution in [0.1, 0.15) is 23.7 Å². The number of furan rings is 1. The lowest BCUT2D eigenvalue weighted by molar-refractivity contribution is -0.130. The van der Waals surface area contributed by atoms with Gasteiger partial charge >= 0.3 is 0 Å². The van der Waals surface area contributed by atoms with Gasteiger partial charge < -0.3 is 14.2 Å². The van der Waals surface area contributed by atoms with Gasteiger partial charge in [-0.3, -0.25) is 9.59 Å². The maximum atomic E-state index is 13.0. The molecule has 0 bridgehead atoms. The minimum atomic E-state index is 0.0841. The van der Waals surface area contributed by atoms with E-state index in [-0.39, 0.29) is 11.8 Å². The van der Waals surface area contributed by atoms with E-state index >= 15 is 0 Å². The fraction of sp³-hybridized carbons (Fsp3) is 0.333. The smallest absolute Gasteiger partial charge is 0.253 e. The van der Waals surface area contributed by atoms with Gasteiger partial charge in [-0.1, -0.05) is 31.2 Å². The number of amides is 2. The number of hydrogen-bond donors (Lipinski definition) is 0. The van der Waals surface area contributed by atoms with Crippen LogP contribution >= 0.6 is 0 Å². The number of hydrogen-bond acceptors (Lipinski definition) is 3. The summed E-state index contributed by atoms with van der Waals surface area (Å²) in [7, 11) is 0. The Labute approximate surface area is 169 Å². The van der Waals surface area contributed by atoms with E-state index in [1.807, 2.05) is 59.2 Å². The molecule has 0 radical (unpaired) electrons. The summed E-state index contributed by atoms with van der Waals surface area (Å²) in [4.78, 5) is 28.8. The molecule has 29 heavy (non-hydrogen) atoms. The summed E-state index contributed by atoms with van der Waals surface area (Å²) in [6.07, 6.45) is 2.25. The Hall–Kier alpha value is -3.08. The van der Waals surface area contributed by atoms with Crippen LogP contribution in [0.5, 0.6) is 0 Å². The van der Waals surface area contributed by atoms with E-state index in [1.54, 1.807) is 6.26 Å². The molecule has 0 aliphatic carbocycles. The summed E-state index contributed by atoms with van der Waals surface area (Å²) in [5, 5.41) is 1.08. The van der Waals surface area contributed by atoms with E-state index in [9.17, 15) is 9.59 Å². The quantitative estimate of drug-likeness (QED) is 0.680. The van der Waals surface area contributed by atoms with Crippen molar-refractivity contribution in [1.29, 1.82) is 0 Å². The molecule has 2 amide bonds. The highest BCUT2D eigenvalue weighted by Crippen LogP contribution is 2.32. The van der Waals surface area contributed by atoms with Crippen molar-refractivity contribution < 1.29 is 14.0 Å². The molecule has 2 fully saturated rings. The Morgan fingerprint density at radius 1 is 0.897 bits per heavy atom. The zero-order valence-corrected chi connectivity index (χ0v) is 16.5. The molecule has 2 aliphatic heterocycles. The van der Waals surface area contributed by atoms with Crippen molar-refractivity contribution >= 4 is 22.8 Å². The van der Waals surface area contributed by atoms with Gasteiger partial charge in [0.2, 0.25) is 5.91 Å². The van der Waals surface area contributed by atoms with Crippen molar-refractivity contribution in [2.45, 2.75) is 13.3 Å². The van der Waals surface area contributed by atoms with Gasteiger partial charge in [0.05, 0.1) is 6.26 Å². The number of carbonyl (C=O) groups excluding carboxylic acids is 2. The molecule has 3 aromatic rings. The molecular formula is C24H24N2O3. The first kappa shape index (κ1) is 18.0. The molecule has 5 heteroatoms. The highest BCUT2D eigenvalue weighted by molar-refractivity contribution is 5.95. The van der Waals surface area contributed by atoms with Gasteiger partial charge in [0, 0.05) is 55.4 Å². The molecule has 2 atom stereocenters. The standard InChI is InChI=1S/C24H24N2O3/c1-2-23(27)25-12-20-14-26(15-21(20)13-25)24(28)18-6-3-16(4-7-18)19-8-5-17-9-10-29-22(17)11-19/h3-11,20-21H,2,12-15H2,1H3. The molecule has 5 rings (SSSR count). The first-order valence-corrected chi connectivity index (χ1v) is 10.3. The maximum Gasteiger partial charge on any atom is 0.253 e. The lowest BCUT2D eigenvalue weighted by Crippen LogP contribution is -2.35. The normalized spacial score (nSPS) is 21.0. The third-order valence-corrected chi connectivity index (χ3v) is 6.35. The van der Waals surface area contributed by atoms with E-state index in [0.717, 1.165) is 48.3 Å². The molecule has 5 nitrogen and oxygen atoms in total. The predicted octanol–water partition coefficient (Wildman–Crippen LogP) is 4.04. The lowest BCUT2D eigenvalue weighted by Gasteiger charge is -2.21. The topological polar surface area (TPSA) is 53.8 Å². The highest BCUT2D eigenvalue weighted by atomic mass is 16.3.